The number of hydrogen-bond donors (Lipinski definition) is 1. The minimum absolute atomic E-state index is 0.806. The van der Waals surface area contributed by atoms with Gasteiger partial charge in [0.25, 0.3) is 0 Å². The topological polar surface area (TPSA) is 30.5 Å². The molecular weight excluding hydrogens is 442 g/mol. The molecule has 1 N–H and O–H groups in total. The minimum Gasteiger partial charge on any atom is -0.493 e. The first-order valence-corrected chi connectivity index (χ1v) is 13.5. The highest BCUT2D eigenvalue weighted by Gasteiger charge is 2.13. The molecule has 0 spiro atoms. The Balaban J connectivity index is 0.000000246. The van der Waals surface area contributed by atoms with Crippen LogP contribution in [0.1, 0.15) is 62.3 Å². The third kappa shape index (κ3) is 9.70. The first kappa shape index (κ1) is 29.5. The lowest BCUT2D eigenvalue weighted by molar-refractivity contribution is 0.351. The second-order valence-electron chi connectivity index (χ2n) is 9.77. The molecule has 0 saturated carbocycles. The van der Waals surface area contributed by atoms with Crippen molar-refractivity contribution in [2.75, 3.05) is 27.3 Å². The molecule has 1 aliphatic heterocycles. The predicted molar refractivity (Wildman–Crippen MR) is 156 cm³/mol. The van der Waals surface area contributed by atoms with Crippen LogP contribution in [0.25, 0.3) is 11.1 Å². The summed E-state index contributed by atoms with van der Waals surface area (Å²) in [6, 6.07) is 21.4. The molecule has 0 radical (unpaired) electrons. The molecule has 3 heteroatoms. The maximum Gasteiger partial charge on any atom is 0.163 e. The zero-order valence-electron chi connectivity index (χ0n) is 23.6. The van der Waals surface area contributed by atoms with E-state index in [9.17, 15) is 0 Å². The van der Waals surface area contributed by atoms with Crippen LogP contribution in [-0.2, 0) is 12.8 Å². The fraction of sp³-hybridized carbons (Fsp3) is 0.455. The van der Waals surface area contributed by atoms with E-state index >= 15 is 0 Å². The van der Waals surface area contributed by atoms with Crippen LogP contribution in [0.15, 0.2) is 60.7 Å². The van der Waals surface area contributed by atoms with Crippen molar-refractivity contribution in [3.63, 3.8) is 0 Å². The summed E-state index contributed by atoms with van der Waals surface area (Å²) < 4.78 is 11.0. The molecule has 0 atom stereocenters. The highest BCUT2D eigenvalue weighted by Crippen LogP contribution is 2.37. The maximum atomic E-state index is 5.53. The van der Waals surface area contributed by atoms with Crippen LogP contribution < -0.4 is 14.8 Å². The highest BCUT2D eigenvalue weighted by molar-refractivity contribution is 5.70. The second-order valence-corrected chi connectivity index (χ2v) is 9.77. The Labute approximate surface area is 220 Å². The Morgan fingerprint density at radius 3 is 1.94 bits per heavy atom. The number of piperidine rings is 1. The summed E-state index contributed by atoms with van der Waals surface area (Å²) in [5, 5.41) is 3.32. The van der Waals surface area contributed by atoms with Crippen molar-refractivity contribution >= 4 is 0 Å². The van der Waals surface area contributed by atoms with Crippen LogP contribution in [0.3, 0.4) is 0 Å². The smallest absolute Gasteiger partial charge is 0.163 e. The molecule has 196 valence electrons. The number of ether oxygens (including phenoxy) is 2. The van der Waals surface area contributed by atoms with Crippen molar-refractivity contribution in [2.24, 2.45) is 5.92 Å². The normalized spacial score (nSPS) is 13.1. The molecule has 0 unspecified atom stereocenters. The third-order valence-corrected chi connectivity index (χ3v) is 6.55. The van der Waals surface area contributed by atoms with Gasteiger partial charge in [-0.2, -0.15) is 0 Å². The van der Waals surface area contributed by atoms with Gasteiger partial charge in [0.05, 0.1) is 14.2 Å². The Kier molecular flexibility index (Phi) is 13.1. The van der Waals surface area contributed by atoms with Gasteiger partial charge in [0.1, 0.15) is 0 Å². The molecular formula is C33H47NO2. The van der Waals surface area contributed by atoms with Crippen molar-refractivity contribution in [2.45, 2.75) is 66.7 Å². The van der Waals surface area contributed by atoms with Gasteiger partial charge >= 0.3 is 0 Å². The van der Waals surface area contributed by atoms with E-state index in [4.69, 9.17) is 9.47 Å². The lowest BCUT2D eigenvalue weighted by Gasteiger charge is -2.17. The van der Waals surface area contributed by atoms with E-state index in [1.54, 1.807) is 14.2 Å². The number of hydrogen-bond acceptors (Lipinski definition) is 3. The number of benzene rings is 3. The van der Waals surface area contributed by atoms with E-state index < -0.39 is 0 Å². The number of rotatable bonds is 6. The molecule has 4 rings (SSSR count). The van der Waals surface area contributed by atoms with E-state index in [0.717, 1.165) is 36.7 Å². The molecule has 36 heavy (non-hydrogen) atoms. The van der Waals surface area contributed by atoms with Crippen LogP contribution in [0.2, 0.25) is 0 Å². The van der Waals surface area contributed by atoms with E-state index in [2.05, 4.69) is 101 Å². The Morgan fingerprint density at radius 1 is 0.806 bits per heavy atom. The predicted octanol–water partition coefficient (Wildman–Crippen LogP) is 8.20. The van der Waals surface area contributed by atoms with Gasteiger partial charge in [-0.3, -0.25) is 0 Å². The SMILES string of the molecule is CC1CCNCC1.CCCc1cc(-c2cccc(CC)c2)cc(OC)c1OC.Cc1cccc(C)c1. The van der Waals surface area contributed by atoms with Crippen molar-refractivity contribution < 1.29 is 9.47 Å². The van der Waals surface area contributed by atoms with Gasteiger partial charge in [0.2, 0.25) is 0 Å². The van der Waals surface area contributed by atoms with Gasteiger partial charge in [0.15, 0.2) is 11.5 Å². The first-order valence-electron chi connectivity index (χ1n) is 13.5. The average Bonchev–Trinajstić information content (AvgIpc) is 2.89. The van der Waals surface area contributed by atoms with Crippen LogP contribution in [0.4, 0.5) is 0 Å². The van der Waals surface area contributed by atoms with Crippen molar-refractivity contribution in [1.82, 2.24) is 5.32 Å². The van der Waals surface area contributed by atoms with Crippen molar-refractivity contribution in [1.29, 1.82) is 0 Å². The minimum atomic E-state index is 0.806. The molecule has 1 saturated heterocycles. The van der Waals surface area contributed by atoms with Gasteiger partial charge in [0, 0.05) is 0 Å². The zero-order chi connectivity index (χ0) is 26.3. The molecule has 3 aromatic rings. The highest BCUT2D eigenvalue weighted by atomic mass is 16.5. The van der Waals surface area contributed by atoms with Crippen molar-refractivity contribution in [3.05, 3.63) is 82.9 Å². The lowest BCUT2D eigenvalue weighted by atomic mass is 9.97. The van der Waals surface area contributed by atoms with Gasteiger partial charge in [-0.1, -0.05) is 86.8 Å². The number of aryl methyl sites for hydroxylation is 4. The molecule has 3 nitrogen and oxygen atoms in total. The summed E-state index contributed by atoms with van der Waals surface area (Å²) in [7, 11) is 3.40. The molecule has 1 aliphatic rings. The van der Waals surface area contributed by atoms with Gasteiger partial charge in [-0.25, -0.2) is 0 Å². The fourth-order valence-corrected chi connectivity index (χ4v) is 4.41. The largest absolute Gasteiger partial charge is 0.493 e. The zero-order valence-corrected chi connectivity index (χ0v) is 23.6. The molecule has 1 heterocycles. The summed E-state index contributed by atoms with van der Waals surface area (Å²) in [5.41, 5.74) is 7.64. The Hall–Kier alpha value is -2.78. The quantitative estimate of drug-likeness (QED) is 0.378. The molecule has 0 aliphatic carbocycles. The van der Waals surface area contributed by atoms with E-state index in [1.807, 2.05) is 0 Å². The molecule has 0 bridgehead atoms. The summed E-state index contributed by atoms with van der Waals surface area (Å²) >= 11 is 0. The van der Waals surface area contributed by atoms with E-state index in [-0.39, 0.29) is 0 Å². The fourth-order valence-electron chi connectivity index (χ4n) is 4.41. The maximum absolute atomic E-state index is 5.53. The molecule has 1 fully saturated rings. The van der Waals surface area contributed by atoms with Crippen LogP contribution in [0, 0.1) is 19.8 Å². The van der Waals surface area contributed by atoms with Crippen LogP contribution in [-0.4, -0.2) is 27.3 Å². The summed E-state index contributed by atoms with van der Waals surface area (Å²) in [4.78, 5) is 0. The Bertz CT molecular complexity index is 1020. The third-order valence-electron chi connectivity index (χ3n) is 6.55. The monoisotopic (exact) mass is 489 g/mol. The molecule has 0 aromatic heterocycles. The average molecular weight is 490 g/mol. The Morgan fingerprint density at radius 2 is 1.47 bits per heavy atom. The van der Waals surface area contributed by atoms with Crippen LogP contribution in [0.5, 0.6) is 11.5 Å². The van der Waals surface area contributed by atoms with Crippen molar-refractivity contribution in [3.8, 4) is 22.6 Å². The van der Waals surface area contributed by atoms with Gasteiger partial charge < -0.3 is 14.8 Å². The standard InChI is InChI=1S/C19H24O2.C8H10.C6H13N/c1-5-8-16-12-17(13-18(20-3)19(16)21-4)15-10-7-9-14(6-2)11-15;1-7-4-3-5-8(2)6-7;1-6-2-4-7-5-3-6/h7,9-13H,5-6,8H2,1-4H3;3-6H,1-2H3;6-7H,2-5H2,1H3. The number of nitrogens with one attached hydrogen (secondary N) is 1. The van der Waals surface area contributed by atoms with Gasteiger partial charge in [-0.05, 0) is 92.9 Å². The molecule has 3 aromatic carbocycles. The summed E-state index contributed by atoms with van der Waals surface area (Å²) in [5.74, 6) is 2.64. The van der Waals surface area contributed by atoms with E-state index in [1.165, 1.54) is 59.3 Å². The first-order chi connectivity index (χ1) is 17.4. The molecule has 0 amide bonds. The second kappa shape index (κ2) is 16.1. The van der Waals surface area contributed by atoms with Crippen LogP contribution >= 0.6 is 0 Å². The van der Waals surface area contributed by atoms with E-state index in [0.29, 0.717) is 0 Å². The number of methoxy groups -OCH3 is 2. The van der Waals surface area contributed by atoms with Gasteiger partial charge in [-0.15, -0.1) is 0 Å². The lowest BCUT2D eigenvalue weighted by Crippen LogP contribution is -2.26. The summed E-state index contributed by atoms with van der Waals surface area (Å²) in [6.45, 7) is 13.4. The summed E-state index contributed by atoms with van der Waals surface area (Å²) in [6.07, 6.45) is 5.86.